The lowest BCUT2D eigenvalue weighted by Crippen LogP contribution is -2.48. The Labute approximate surface area is 124 Å². The zero-order valence-corrected chi connectivity index (χ0v) is 13.9. The molecule has 0 spiro atoms. The van der Waals surface area contributed by atoms with Crippen molar-refractivity contribution in [2.45, 2.75) is 45.6 Å². The lowest BCUT2D eigenvalue weighted by molar-refractivity contribution is -0.143. The molecule has 0 saturated heterocycles. The molecule has 0 aromatic carbocycles. The van der Waals surface area contributed by atoms with E-state index in [4.69, 9.17) is 5.73 Å². The third kappa shape index (κ3) is 7.82. The van der Waals surface area contributed by atoms with Gasteiger partial charge in [-0.05, 0) is 45.8 Å². The van der Waals surface area contributed by atoms with Crippen LogP contribution >= 0.6 is 0 Å². The Kier molecular flexibility index (Phi) is 9.01. The van der Waals surface area contributed by atoms with Gasteiger partial charge in [0.2, 0.25) is 0 Å². The number of rotatable bonds is 11. The topological polar surface area (TPSA) is 69.8 Å². The second-order valence-electron chi connectivity index (χ2n) is 6.42. The molecule has 1 unspecified atom stereocenters. The number of hydrogen-bond acceptors (Lipinski definition) is 4. The van der Waals surface area contributed by atoms with Crippen molar-refractivity contribution in [3.05, 3.63) is 0 Å². The van der Waals surface area contributed by atoms with Crippen molar-refractivity contribution >= 4 is 5.97 Å². The summed E-state index contributed by atoms with van der Waals surface area (Å²) < 4.78 is 0. The molecule has 0 rings (SSSR count). The third-order valence-corrected chi connectivity index (χ3v) is 3.64. The van der Waals surface area contributed by atoms with Gasteiger partial charge in [-0.15, -0.1) is 0 Å². The van der Waals surface area contributed by atoms with E-state index >= 15 is 0 Å². The largest absolute Gasteiger partial charge is 0.480 e. The first-order valence-electron chi connectivity index (χ1n) is 7.60. The van der Waals surface area contributed by atoms with Gasteiger partial charge in [-0.3, -0.25) is 4.79 Å². The molecule has 0 aromatic rings. The maximum absolute atomic E-state index is 11.2. The Hall–Kier alpha value is -0.650. The van der Waals surface area contributed by atoms with Gasteiger partial charge in [0.1, 0.15) is 5.54 Å². The third-order valence-electron chi connectivity index (χ3n) is 3.64. The summed E-state index contributed by atoms with van der Waals surface area (Å²) in [6.45, 7) is 10.3. The van der Waals surface area contributed by atoms with E-state index in [-0.39, 0.29) is 0 Å². The summed E-state index contributed by atoms with van der Waals surface area (Å²) in [6.07, 6.45) is 1.84. The number of carbonyl (C=O) groups is 1. The zero-order valence-electron chi connectivity index (χ0n) is 13.9. The van der Waals surface area contributed by atoms with E-state index < -0.39 is 11.5 Å². The van der Waals surface area contributed by atoms with E-state index in [1.54, 1.807) is 0 Å². The second-order valence-corrected chi connectivity index (χ2v) is 6.42. The van der Waals surface area contributed by atoms with Crippen LogP contribution in [-0.2, 0) is 4.79 Å². The lowest BCUT2D eigenvalue weighted by Gasteiger charge is -2.28. The Morgan fingerprint density at radius 1 is 1.25 bits per heavy atom. The molecule has 20 heavy (non-hydrogen) atoms. The van der Waals surface area contributed by atoms with Crippen molar-refractivity contribution in [2.75, 3.05) is 40.3 Å². The summed E-state index contributed by atoms with van der Waals surface area (Å²) >= 11 is 0. The molecule has 0 aliphatic rings. The number of aliphatic carboxylic acids is 1. The zero-order chi connectivity index (χ0) is 15.8. The monoisotopic (exact) mass is 287 g/mol. The highest BCUT2D eigenvalue weighted by atomic mass is 16.4. The predicted octanol–water partition coefficient (Wildman–Crippen LogP) is 1.48. The molecular weight excluding hydrogens is 254 g/mol. The summed E-state index contributed by atoms with van der Waals surface area (Å²) in [4.78, 5) is 15.8. The van der Waals surface area contributed by atoms with E-state index in [2.05, 4.69) is 37.7 Å². The van der Waals surface area contributed by atoms with Crippen molar-refractivity contribution in [3.8, 4) is 0 Å². The van der Waals surface area contributed by atoms with Crippen molar-refractivity contribution in [2.24, 2.45) is 11.7 Å². The first-order valence-corrected chi connectivity index (χ1v) is 7.60. The van der Waals surface area contributed by atoms with Crippen LogP contribution in [0.25, 0.3) is 0 Å². The van der Waals surface area contributed by atoms with E-state index in [0.717, 1.165) is 32.6 Å². The molecule has 0 radical (unpaired) electrons. The second kappa shape index (κ2) is 9.32. The Morgan fingerprint density at radius 3 is 2.25 bits per heavy atom. The molecule has 5 heteroatoms. The highest BCUT2D eigenvalue weighted by molar-refractivity contribution is 5.78. The maximum Gasteiger partial charge on any atom is 0.323 e. The lowest BCUT2D eigenvalue weighted by atomic mass is 9.91. The smallest absolute Gasteiger partial charge is 0.323 e. The van der Waals surface area contributed by atoms with Crippen LogP contribution in [0.15, 0.2) is 0 Å². The van der Waals surface area contributed by atoms with Gasteiger partial charge >= 0.3 is 5.97 Å². The van der Waals surface area contributed by atoms with Crippen molar-refractivity contribution in [1.82, 2.24) is 9.80 Å². The molecule has 0 saturated carbocycles. The van der Waals surface area contributed by atoms with Crippen LogP contribution in [0.5, 0.6) is 0 Å². The SMILES string of the molecule is CCC(N)(CCCN(CCN(C)C)CC(C)C)C(=O)O. The van der Waals surface area contributed by atoms with Crippen LogP contribution in [0.1, 0.15) is 40.0 Å². The van der Waals surface area contributed by atoms with Crippen molar-refractivity contribution < 1.29 is 9.90 Å². The van der Waals surface area contributed by atoms with Crippen LogP contribution in [0.4, 0.5) is 0 Å². The average Bonchev–Trinajstić information content (AvgIpc) is 2.34. The minimum atomic E-state index is -1.06. The highest BCUT2D eigenvalue weighted by Gasteiger charge is 2.31. The summed E-state index contributed by atoms with van der Waals surface area (Å²) in [5.74, 6) is -0.269. The molecule has 0 aliphatic carbocycles. The van der Waals surface area contributed by atoms with Crippen LogP contribution < -0.4 is 5.73 Å². The molecular formula is C15H33N3O2. The van der Waals surface area contributed by atoms with Crippen LogP contribution in [0.3, 0.4) is 0 Å². The van der Waals surface area contributed by atoms with Crippen LogP contribution in [-0.4, -0.2) is 66.7 Å². The number of likely N-dealkylation sites (N-methyl/N-ethyl adjacent to an activating group) is 1. The molecule has 0 aliphatic heterocycles. The standard InChI is InChI=1S/C15H33N3O2/c1-6-15(16,14(19)20)8-7-9-18(12-13(2)3)11-10-17(4)5/h13H,6-12,16H2,1-5H3,(H,19,20). The predicted molar refractivity (Wildman–Crippen MR) is 83.9 cm³/mol. The molecule has 0 heterocycles. The van der Waals surface area contributed by atoms with Crippen LogP contribution in [0.2, 0.25) is 0 Å². The number of carboxylic acids is 1. The molecule has 1 atom stereocenters. The van der Waals surface area contributed by atoms with Gasteiger partial charge in [0.15, 0.2) is 0 Å². The van der Waals surface area contributed by atoms with Gasteiger partial charge < -0.3 is 20.6 Å². The molecule has 0 bridgehead atoms. The fourth-order valence-corrected chi connectivity index (χ4v) is 2.21. The molecule has 0 amide bonds. The van der Waals surface area contributed by atoms with E-state index in [0.29, 0.717) is 18.8 Å². The fraction of sp³-hybridized carbons (Fsp3) is 0.933. The van der Waals surface area contributed by atoms with Crippen molar-refractivity contribution in [1.29, 1.82) is 0 Å². The van der Waals surface area contributed by atoms with Gasteiger partial charge in [-0.1, -0.05) is 20.8 Å². The van der Waals surface area contributed by atoms with Crippen LogP contribution in [0, 0.1) is 5.92 Å². The normalized spacial score (nSPS) is 15.1. The molecule has 0 aromatic heterocycles. The summed E-state index contributed by atoms with van der Waals surface area (Å²) in [5, 5.41) is 9.17. The summed E-state index contributed by atoms with van der Waals surface area (Å²) in [7, 11) is 4.14. The summed E-state index contributed by atoms with van der Waals surface area (Å²) in [6, 6.07) is 0. The number of nitrogens with two attached hydrogens (primary N) is 1. The molecule has 120 valence electrons. The number of carboxylic acid groups (broad SMARTS) is 1. The molecule has 5 nitrogen and oxygen atoms in total. The Bertz CT molecular complexity index is 282. The molecule has 3 N–H and O–H groups in total. The van der Waals surface area contributed by atoms with Crippen molar-refractivity contribution in [3.63, 3.8) is 0 Å². The van der Waals surface area contributed by atoms with E-state index in [1.165, 1.54) is 0 Å². The van der Waals surface area contributed by atoms with E-state index in [1.807, 2.05) is 6.92 Å². The quantitative estimate of drug-likeness (QED) is 0.602. The highest BCUT2D eigenvalue weighted by Crippen LogP contribution is 2.15. The van der Waals surface area contributed by atoms with Gasteiger partial charge in [0.05, 0.1) is 0 Å². The summed E-state index contributed by atoms with van der Waals surface area (Å²) in [5.41, 5.74) is 4.86. The first-order chi connectivity index (χ1) is 9.21. The van der Waals surface area contributed by atoms with Gasteiger partial charge in [-0.2, -0.15) is 0 Å². The van der Waals surface area contributed by atoms with Gasteiger partial charge in [0, 0.05) is 19.6 Å². The maximum atomic E-state index is 11.2. The minimum Gasteiger partial charge on any atom is -0.480 e. The minimum absolute atomic E-state index is 0.476. The molecule has 0 fully saturated rings. The first kappa shape index (κ1) is 19.4. The number of nitrogens with zero attached hydrogens (tertiary/aromatic N) is 2. The number of hydrogen-bond donors (Lipinski definition) is 2. The van der Waals surface area contributed by atoms with Gasteiger partial charge in [0.25, 0.3) is 0 Å². The van der Waals surface area contributed by atoms with Gasteiger partial charge in [-0.25, -0.2) is 0 Å². The Morgan fingerprint density at radius 2 is 1.85 bits per heavy atom. The average molecular weight is 287 g/mol. The Balaban J connectivity index is 4.27. The fourth-order valence-electron chi connectivity index (χ4n) is 2.21. The van der Waals surface area contributed by atoms with E-state index in [9.17, 15) is 9.90 Å².